The van der Waals surface area contributed by atoms with Crippen LogP contribution in [0.5, 0.6) is 0 Å². The quantitative estimate of drug-likeness (QED) is 0.761. The van der Waals surface area contributed by atoms with E-state index in [1.807, 2.05) is 13.8 Å². The van der Waals surface area contributed by atoms with Gasteiger partial charge in [-0.05, 0) is 33.1 Å². The number of nitrogens with zero attached hydrogens (tertiary/aromatic N) is 3. The molecule has 1 aromatic heterocycles. The first kappa shape index (κ1) is 13.1. The van der Waals surface area contributed by atoms with Crippen molar-refractivity contribution >= 4 is 0 Å². The second-order valence-electron chi connectivity index (χ2n) is 6.83. The van der Waals surface area contributed by atoms with E-state index in [0.29, 0.717) is 0 Å². The van der Waals surface area contributed by atoms with Crippen molar-refractivity contribution in [1.29, 1.82) is 5.26 Å². The van der Waals surface area contributed by atoms with Gasteiger partial charge in [-0.3, -0.25) is 0 Å². The van der Waals surface area contributed by atoms with E-state index in [1.54, 1.807) is 0 Å². The van der Waals surface area contributed by atoms with E-state index in [9.17, 15) is 5.26 Å². The highest BCUT2D eigenvalue weighted by atomic mass is 15.1. The first-order valence-corrected chi connectivity index (χ1v) is 6.79. The van der Waals surface area contributed by atoms with E-state index in [4.69, 9.17) is 4.98 Å². The number of aromatic nitrogens is 2. The van der Waals surface area contributed by atoms with Crippen molar-refractivity contribution in [3.63, 3.8) is 0 Å². The summed E-state index contributed by atoms with van der Waals surface area (Å²) in [4.78, 5) is 4.85. The average Bonchev–Trinajstić information content (AvgIpc) is 2.68. The van der Waals surface area contributed by atoms with Crippen LogP contribution in [-0.4, -0.2) is 9.55 Å². The van der Waals surface area contributed by atoms with Crippen molar-refractivity contribution in [3.05, 3.63) is 17.2 Å². The predicted molar refractivity (Wildman–Crippen MR) is 72.5 cm³/mol. The SMILES string of the molecule is CC(C)(C)c1nc(C(C)(C)C#N)c2n1CCCC2. The Hall–Kier alpha value is -1.30. The molecule has 1 aromatic rings. The standard InChI is InChI=1S/C15H23N3/c1-14(2,3)13-17-12(15(4,5)10-16)11-8-6-7-9-18(11)13/h6-9H2,1-5H3. The third-order valence-electron chi connectivity index (χ3n) is 3.66. The Balaban J connectivity index is 2.64. The first-order chi connectivity index (χ1) is 8.27. The van der Waals surface area contributed by atoms with Crippen LogP contribution in [0.25, 0.3) is 0 Å². The number of hydrogen-bond donors (Lipinski definition) is 0. The van der Waals surface area contributed by atoms with Gasteiger partial charge in [-0.25, -0.2) is 4.98 Å². The molecule has 0 atom stereocenters. The van der Waals surface area contributed by atoms with Crippen molar-refractivity contribution in [2.75, 3.05) is 0 Å². The van der Waals surface area contributed by atoms with Crippen molar-refractivity contribution in [3.8, 4) is 6.07 Å². The summed E-state index contributed by atoms with van der Waals surface area (Å²) in [5, 5.41) is 9.36. The largest absolute Gasteiger partial charge is 0.331 e. The van der Waals surface area contributed by atoms with Gasteiger partial charge in [0.2, 0.25) is 0 Å². The molecule has 3 nitrogen and oxygen atoms in total. The molecule has 0 aliphatic carbocycles. The minimum atomic E-state index is -0.488. The molecular weight excluding hydrogens is 222 g/mol. The number of fused-ring (bicyclic) bond motifs is 1. The summed E-state index contributed by atoms with van der Waals surface area (Å²) in [7, 11) is 0. The molecule has 0 N–H and O–H groups in total. The minimum absolute atomic E-state index is 0.0376. The van der Waals surface area contributed by atoms with Crippen LogP contribution < -0.4 is 0 Å². The number of nitriles is 1. The summed E-state index contributed by atoms with van der Waals surface area (Å²) in [6, 6.07) is 2.40. The third kappa shape index (κ3) is 2.05. The lowest BCUT2D eigenvalue weighted by Gasteiger charge is -2.24. The van der Waals surface area contributed by atoms with Gasteiger partial charge in [-0.1, -0.05) is 20.8 Å². The fraction of sp³-hybridized carbons (Fsp3) is 0.733. The van der Waals surface area contributed by atoms with Gasteiger partial charge in [-0.2, -0.15) is 5.26 Å². The van der Waals surface area contributed by atoms with Gasteiger partial charge in [0.1, 0.15) is 5.82 Å². The highest BCUT2D eigenvalue weighted by molar-refractivity contribution is 5.33. The average molecular weight is 245 g/mol. The molecule has 0 radical (unpaired) electrons. The maximum atomic E-state index is 9.36. The molecule has 3 heteroatoms. The van der Waals surface area contributed by atoms with Gasteiger partial charge in [0.15, 0.2) is 0 Å². The molecule has 0 bridgehead atoms. The lowest BCUT2D eigenvalue weighted by atomic mass is 9.88. The second kappa shape index (κ2) is 4.12. The highest BCUT2D eigenvalue weighted by Gasteiger charge is 2.33. The maximum absolute atomic E-state index is 9.36. The van der Waals surface area contributed by atoms with E-state index < -0.39 is 5.41 Å². The van der Waals surface area contributed by atoms with Gasteiger partial charge in [0.25, 0.3) is 0 Å². The summed E-state index contributed by atoms with van der Waals surface area (Å²) in [6.45, 7) is 11.6. The summed E-state index contributed by atoms with van der Waals surface area (Å²) >= 11 is 0. The van der Waals surface area contributed by atoms with E-state index >= 15 is 0 Å². The lowest BCUT2D eigenvalue weighted by molar-refractivity contribution is 0.453. The van der Waals surface area contributed by atoms with Crippen LogP contribution in [0.4, 0.5) is 0 Å². The highest BCUT2D eigenvalue weighted by Crippen LogP contribution is 2.33. The number of hydrogen-bond acceptors (Lipinski definition) is 2. The van der Waals surface area contributed by atoms with Crippen LogP contribution in [-0.2, 0) is 23.8 Å². The lowest BCUT2D eigenvalue weighted by Crippen LogP contribution is -2.22. The molecule has 0 unspecified atom stereocenters. The molecule has 2 heterocycles. The Bertz CT molecular complexity index is 495. The van der Waals surface area contributed by atoms with E-state index in [-0.39, 0.29) is 5.41 Å². The van der Waals surface area contributed by atoms with Gasteiger partial charge in [0.05, 0.1) is 17.2 Å². The van der Waals surface area contributed by atoms with E-state index in [0.717, 1.165) is 24.5 Å². The van der Waals surface area contributed by atoms with E-state index in [2.05, 4.69) is 31.4 Å². The van der Waals surface area contributed by atoms with Crippen LogP contribution in [0.15, 0.2) is 0 Å². The summed E-state index contributed by atoms with van der Waals surface area (Å²) < 4.78 is 2.36. The van der Waals surface area contributed by atoms with Crippen molar-refractivity contribution < 1.29 is 0 Å². The van der Waals surface area contributed by atoms with Crippen LogP contribution in [0.2, 0.25) is 0 Å². The number of imidazole rings is 1. The monoisotopic (exact) mass is 245 g/mol. The molecule has 0 fully saturated rings. The van der Waals surface area contributed by atoms with Crippen LogP contribution >= 0.6 is 0 Å². The Kier molecular flexibility index (Phi) is 3.01. The molecule has 2 rings (SSSR count). The number of rotatable bonds is 1. The molecule has 1 aliphatic heterocycles. The first-order valence-electron chi connectivity index (χ1n) is 6.79. The fourth-order valence-electron chi connectivity index (χ4n) is 2.67. The molecule has 0 spiro atoms. The maximum Gasteiger partial charge on any atom is 0.114 e. The van der Waals surface area contributed by atoms with Gasteiger partial charge < -0.3 is 4.57 Å². The fourth-order valence-corrected chi connectivity index (χ4v) is 2.67. The van der Waals surface area contributed by atoms with Gasteiger partial charge >= 0.3 is 0 Å². The molecule has 18 heavy (non-hydrogen) atoms. The van der Waals surface area contributed by atoms with Crippen molar-refractivity contribution in [1.82, 2.24) is 9.55 Å². The second-order valence-corrected chi connectivity index (χ2v) is 6.83. The Morgan fingerprint density at radius 2 is 1.83 bits per heavy atom. The zero-order chi connectivity index (χ0) is 13.6. The van der Waals surface area contributed by atoms with Crippen molar-refractivity contribution in [2.45, 2.75) is 71.3 Å². The van der Waals surface area contributed by atoms with E-state index in [1.165, 1.54) is 18.5 Å². The third-order valence-corrected chi connectivity index (χ3v) is 3.66. The predicted octanol–water partition coefficient (Wildman–Crippen LogP) is 3.32. The molecule has 1 aliphatic rings. The molecule has 98 valence electrons. The summed E-state index contributed by atoms with van der Waals surface area (Å²) in [5.41, 5.74) is 1.83. The Labute approximate surface area is 110 Å². The van der Waals surface area contributed by atoms with Crippen molar-refractivity contribution in [2.24, 2.45) is 0 Å². The smallest absolute Gasteiger partial charge is 0.114 e. The summed E-state index contributed by atoms with van der Waals surface area (Å²) in [5.74, 6) is 1.13. The van der Waals surface area contributed by atoms with Gasteiger partial charge in [-0.15, -0.1) is 0 Å². The van der Waals surface area contributed by atoms with Crippen LogP contribution in [0, 0.1) is 11.3 Å². The zero-order valence-corrected chi connectivity index (χ0v) is 12.2. The van der Waals surface area contributed by atoms with Crippen LogP contribution in [0.1, 0.15) is 64.7 Å². The van der Waals surface area contributed by atoms with Gasteiger partial charge in [0, 0.05) is 17.7 Å². The molecule has 0 aromatic carbocycles. The summed E-state index contributed by atoms with van der Waals surface area (Å²) in [6.07, 6.45) is 3.49. The zero-order valence-electron chi connectivity index (χ0n) is 12.2. The Morgan fingerprint density at radius 1 is 1.17 bits per heavy atom. The van der Waals surface area contributed by atoms with Crippen LogP contribution in [0.3, 0.4) is 0 Å². The minimum Gasteiger partial charge on any atom is -0.331 e. The molecule has 0 saturated heterocycles. The topological polar surface area (TPSA) is 41.6 Å². The molecule has 0 saturated carbocycles. The molecule has 0 amide bonds. The Morgan fingerprint density at radius 3 is 2.39 bits per heavy atom. The molecular formula is C15H23N3. The normalized spacial score (nSPS) is 16.2.